The van der Waals surface area contributed by atoms with Crippen molar-refractivity contribution in [2.75, 3.05) is 17.7 Å². The van der Waals surface area contributed by atoms with E-state index in [1.54, 1.807) is 18.2 Å². The predicted octanol–water partition coefficient (Wildman–Crippen LogP) is 4.53. The number of amides is 2. The summed E-state index contributed by atoms with van der Waals surface area (Å²) >= 11 is 0. The van der Waals surface area contributed by atoms with Gasteiger partial charge in [-0.2, -0.15) is 0 Å². The number of hydrogen-bond acceptors (Lipinski definition) is 4. The highest BCUT2D eigenvalue weighted by molar-refractivity contribution is 6.01. The summed E-state index contributed by atoms with van der Waals surface area (Å²) in [4.78, 5) is 24.8. The van der Waals surface area contributed by atoms with Crippen LogP contribution in [0.2, 0.25) is 0 Å². The molecule has 0 radical (unpaired) electrons. The maximum Gasteiger partial charge on any atom is 0.236 e. The third-order valence-electron chi connectivity index (χ3n) is 4.72. The minimum absolute atomic E-state index is 0.195. The average Bonchev–Trinajstić information content (AvgIpc) is 2.71. The second-order valence-corrected chi connectivity index (χ2v) is 6.70. The Morgan fingerprint density at radius 1 is 0.897 bits per heavy atom. The molecule has 1 aliphatic heterocycles. The van der Waals surface area contributed by atoms with Crippen molar-refractivity contribution < 1.29 is 19.1 Å². The monoisotopic (exact) mass is 388 g/mol. The van der Waals surface area contributed by atoms with Crippen molar-refractivity contribution >= 4 is 23.2 Å². The molecule has 0 unspecified atom stereocenters. The van der Waals surface area contributed by atoms with E-state index in [0.29, 0.717) is 28.6 Å². The molecule has 0 aliphatic carbocycles. The first-order chi connectivity index (χ1) is 14.1. The molecule has 0 atom stereocenters. The number of nitrogens with one attached hydrogen (secondary N) is 2. The Morgan fingerprint density at radius 3 is 2.10 bits per heavy atom. The van der Waals surface area contributed by atoms with Gasteiger partial charge < -0.3 is 20.1 Å². The Labute approximate surface area is 168 Å². The van der Waals surface area contributed by atoms with Crippen molar-refractivity contribution in [3.8, 4) is 17.2 Å². The molecule has 0 fully saturated rings. The van der Waals surface area contributed by atoms with Gasteiger partial charge in [0.2, 0.25) is 11.8 Å². The molecule has 0 spiro atoms. The van der Waals surface area contributed by atoms with E-state index in [1.165, 1.54) is 14.0 Å². The SMILES string of the molecule is COc1ccc(NC(C)=O)cc1NC(=O)C1c2ccccc2Oc2ccccc21. The Kier molecular flexibility index (Phi) is 4.91. The molecule has 146 valence electrons. The second-order valence-electron chi connectivity index (χ2n) is 6.70. The number of fused-ring (bicyclic) bond motifs is 2. The minimum Gasteiger partial charge on any atom is -0.495 e. The zero-order chi connectivity index (χ0) is 20.4. The lowest BCUT2D eigenvalue weighted by atomic mass is 9.87. The maximum absolute atomic E-state index is 13.4. The summed E-state index contributed by atoms with van der Waals surface area (Å²) in [6.07, 6.45) is 0. The normalized spacial score (nSPS) is 12.2. The van der Waals surface area contributed by atoms with Crippen molar-refractivity contribution in [3.63, 3.8) is 0 Å². The number of methoxy groups -OCH3 is 1. The Balaban J connectivity index is 1.72. The summed E-state index contributed by atoms with van der Waals surface area (Å²) in [5.41, 5.74) is 2.63. The quantitative estimate of drug-likeness (QED) is 0.688. The minimum atomic E-state index is -0.537. The van der Waals surface area contributed by atoms with Crippen LogP contribution in [0.5, 0.6) is 17.2 Å². The molecule has 1 aliphatic rings. The fourth-order valence-corrected chi connectivity index (χ4v) is 3.48. The number of rotatable bonds is 4. The fourth-order valence-electron chi connectivity index (χ4n) is 3.48. The summed E-state index contributed by atoms with van der Waals surface area (Å²) < 4.78 is 11.3. The van der Waals surface area contributed by atoms with Crippen LogP contribution >= 0.6 is 0 Å². The number of hydrogen-bond donors (Lipinski definition) is 2. The Bertz CT molecular complexity index is 1050. The molecule has 0 saturated carbocycles. The molecule has 6 nitrogen and oxygen atoms in total. The molecular weight excluding hydrogens is 368 g/mol. The largest absolute Gasteiger partial charge is 0.495 e. The molecule has 1 heterocycles. The van der Waals surface area contributed by atoms with E-state index in [0.717, 1.165) is 11.1 Å². The highest BCUT2D eigenvalue weighted by Crippen LogP contribution is 2.44. The third kappa shape index (κ3) is 3.65. The van der Waals surface area contributed by atoms with E-state index >= 15 is 0 Å². The van der Waals surface area contributed by atoms with Crippen LogP contribution in [0.4, 0.5) is 11.4 Å². The third-order valence-corrected chi connectivity index (χ3v) is 4.72. The number of para-hydroxylation sites is 2. The zero-order valence-electron chi connectivity index (χ0n) is 16.1. The number of anilines is 2. The Morgan fingerprint density at radius 2 is 1.52 bits per heavy atom. The predicted molar refractivity (Wildman–Crippen MR) is 111 cm³/mol. The van der Waals surface area contributed by atoms with E-state index in [1.807, 2.05) is 48.5 Å². The maximum atomic E-state index is 13.4. The van der Waals surface area contributed by atoms with E-state index in [2.05, 4.69) is 10.6 Å². The summed E-state index contributed by atoms with van der Waals surface area (Å²) in [7, 11) is 1.53. The molecule has 29 heavy (non-hydrogen) atoms. The van der Waals surface area contributed by atoms with Crippen LogP contribution in [0.15, 0.2) is 66.7 Å². The van der Waals surface area contributed by atoms with Gasteiger partial charge in [0, 0.05) is 23.7 Å². The molecular formula is C23H20N2O4. The van der Waals surface area contributed by atoms with Gasteiger partial charge >= 0.3 is 0 Å². The van der Waals surface area contributed by atoms with Crippen LogP contribution in [0, 0.1) is 0 Å². The van der Waals surface area contributed by atoms with Crippen LogP contribution in [-0.2, 0) is 9.59 Å². The Hall–Kier alpha value is -3.80. The first-order valence-electron chi connectivity index (χ1n) is 9.19. The van der Waals surface area contributed by atoms with Gasteiger partial charge in [-0.25, -0.2) is 0 Å². The summed E-state index contributed by atoms with van der Waals surface area (Å²) in [5, 5.41) is 5.67. The second kappa shape index (κ2) is 7.67. The van der Waals surface area contributed by atoms with Gasteiger partial charge in [-0.3, -0.25) is 9.59 Å². The van der Waals surface area contributed by atoms with E-state index < -0.39 is 5.92 Å². The molecule has 3 aromatic rings. The molecule has 2 amide bonds. The van der Waals surface area contributed by atoms with E-state index in [9.17, 15) is 9.59 Å². The standard InChI is InChI=1S/C23H20N2O4/c1-14(26)24-15-11-12-21(28-2)18(13-15)25-23(27)22-16-7-3-5-9-19(16)29-20-10-6-4-8-17(20)22/h3-13,22H,1-2H3,(H,24,26)(H,25,27). The fraction of sp³-hybridized carbons (Fsp3) is 0.130. The van der Waals surface area contributed by atoms with E-state index in [-0.39, 0.29) is 11.8 Å². The zero-order valence-corrected chi connectivity index (χ0v) is 16.1. The van der Waals surface area contributed by atoms with Crippen LogP contribution in [0.1, 0.15) is 24.0 Å². The van der Waals surface area contributed by atoms with Gasteiger partial charge in [0.05, 0.1) is 18.7 Å². The summed E-state index contributed by atoms with van der Waals surface area (Å²) in [6, 6.07) is 20.1. The number of benzene rings is 3. The van der Waals surface area contributed by atoms with Gasteiger partial charge in [-0.1, -0.05) is 36.4 Å². The van der Waals surface area contributed by atoms with Crippen LogP contribution in [0.25, 0.3) is 0 Å². The lowest BCUT2D eigenvalue weighted by molar-refractivity contribution is -0.117. The molecule has 0 aromatic heterocycles. The first-order valence-corrected chi connectivity index (χ1v) is 9.19. The van der Waals surface area contributed by atoms with Gasteiger partial charge in [-0.05, 0) is 30.3 Å². The summed E-state index contributed by atoms with van der Waals surface area (Å²) in [6.45, 7) is 1.43. The summed E-state index contributed by atoms with van der Waals surface area (Å²) in [5.74, 6) is 0.869. The van der Waals surface area contributed by atoms with Gasteiger partial charge in [-0.15, -0.1) is 0 Å². The number of carbonyl (C=O) groups excluding carboxylic acids is 2. The van der Waals surface area contributed by atoms with Crippen LogP contribution in [0.3, 0.4) is 0 Å². The van der Waals surface area contributed by atoms with Crippen LogP contribution in [-0.4, -0.2) is 18.9 Å². The first kappa shape index (κ1) is 18.6. The molecule has 6 heteroatoms. The van der Waals surface area contributed by atoms with Gasteiger partial charge in [0.1, 0.15) is 17.2 Å². The van der Waals surface area contributed by atoms with Crippen molar-refractivity contribution in [1.29, 1.82) is 0 Å². The van der Waals surface area contributed by atoms with Crippen molar-refractivity contribution in [2.45, 2.75) is 12.8 Å². The van der Waals surface area contributed by atoms with Crippen molar-refractivity contribution in [1.82, 2.24) is 0 Å². The van der Waals surface area contributed by atoms with Crippen molar-refractivity contribution in [2.24, 2.45) is 0 Å². The molecule has 0 bridgehead atoms. The van der Waals surface area contributed by atoms with Crippen LogP contribution < -0.4 is 20.1 Å². The molecule has 2 N–H and O–H groups in total. The lowest BCUT2D eigenvalue weighted by Crippen LogP contribution is -2.25. The smallest absolute Gasteiger partial charge is 0.236 e. The van der Waals surface area contributed by atoms with Gasteiger partial charge in [0.15, 0.2) is 0 Å². The topological polar surface area (TPSA) is 76.7 Å². The van der Waals surface area contributed by atoms with Gasteiger partial charge in [0.25, 0.3) is 0 Å². The number of ether oxygens (including phenoxy) is 2. The highest BCUT2D eigenvalue weighted by Gasteiger charge is 2.32. The molecule has 3 aromatic carbocycles. The highest BCUT2D eigenvalue weighted by atomic mass is 16.5. The average molecular weight is 388 g/mol. The number of carbonyl (C=O) groups is 2. The lowest BCUT2D eigenvalue weighted by Gasteiger charge is -2.27. The van der Waals surface area contributed by atoms with Crippen molar-refractivity contribution in [3.05, 3.63) is 77.9 Å². The molecule has 4 rings (SSSR count). The van der Waals surface area contributed by atoms with E-state index in [4.69, 9.17) is 9.47 Å². The molecule has 0 saturated heterocycles.